The molecule has 1 aromatic rings. The van der Waals surface area contributed by atoms with Gasteiger partial charge in [-0.15, -0.1) is 0 Å². The number of fused-ring (bicyclic) bond motifs is 1. The zero-order chi connectivity index (χ0) is 19.3. The molecule has 1 heterocycles. The topological polar surface area (TPSA) is 129 Å². The van der Waals surface area contributed by atoms with E-state index in [0.29, 0.717) is 11.3 Å². The number of hydrogen-bond acceptors (Lipinski definition) is 6. The summed E-state index contributed by atoms with van der Waals surface area (Å²) in [6.07, 6.45) is 0. The van der Waals surface area contributed by atoms with E-state index in [-0.39, 0.29) is 11.6 Å². The summed E-state index contributed by atoms with van der Waals surface area (Å²) >= 11 is 0. The fourth-order valence-corrected chi connectivity index (χ4v) is 4.53. The number of nitrogens with zero attached hydrogens (tertiary/aromatic N) is 3. The Labute approximate surface area is 151 Å². The third kappa shape index (κ3) is 1.78. The second kappa shape index (κ2) is 5.67. The average molecular weight is 350 g/mol. The SMILES string of the molecule is COc1ccc(C2C(C)C(=O)C(C)C3(C#N)C(=O)N=C(N)C23C#N)cc1. The molecule has 1 aromatic carbocycles. The average Bonchev–Trinajstić information content (AvgIpc) is 2.88. The van der Waals surface area contributed by atoms with Crippen LogP contribution in [0.4, 0.5) is 0 Å². The van der Waals surface area contributed by atoms with Crippen LogP contribution in [0.15, 0.2) is 29.3 Å². The lowest BCUT2D eigenvalue weighted by atomic mass is 9.45. The Morgan fingerprint density at radius 2 is 1.69 bits per heavy atom. The highest BCUT2D eigenvalue weighted by Crippen LogP contribution is 2.63. The summed E-state index contributed by atoms with van der Waals surface area (Å²) in [5, 5.41) is 20.1. The first-order valence-corrected chi connectivity index (χ1v) is 8.21. The van der Waals surface area contributed by atoms with E-state index in [1.165, 1.54) is 14.0 Å². The maximum atomic E-state index is 12.9. The lowest BCUT2D eigenvalue weighted by Crippen LogP contribution is -2.62. The van der Waals surface area contributed by atoms with Gasteiger partial charge in [0.15, 0.2) is 10.8 Å². The van der Waals surface area contributed by atoms with E-state index in [0.717, 1.165) is 0 Å². The molecule has 5 unspecified atom stereocenters. The molecule has 26 heavy (non-hydrogen) atoms. The number of nitrogens with two attached hydrogens (primary N) is 1. The van der Waals surface area contributed by atoms with Gasteiger partial charge in [-0.05, 0) is 17.7 Å². The third-order valence-corrected chi connectivity index (χ3v) is 5.90. The van der Waals surface area contributed by atoms with E-state index >= 15 is 0 Å². The lowest BCUT2D eigenvalue weighted by molar-refractivity contribution is -0.146. The lowest BCUT2D eigenvalue weighted by Gasteiger charge is -2.49. The predicted octanol–water partition coefficient (Wildman–Crippen LogP) is 1.55. The number of ketones is 1. The zero-order valence-corrected chi connectivity index (χ0v) is 14.7. The Bertz CT molecular complexity index is 908. The van der Waals surface area contributed by atoms with Crippen LogP contribution in [0.3, 0.4) is 0 Å². The second-order valence-corrected chi connectivity index (χ2v) is 6.81. The van der Waals surface area contributed by atoms with E-state index in [2.05, 4.69) is 11.1 Å². The molecule has 1 fully saturated rings. The molecule has 2 N–H and O–H groups in total. The Hall–Kier alpha value is -3.19. The molecule has 0 aromatic heterocycles. The van der Waals surface area contributed by atoms with Crippen molar-refractivity contribution in [3.8, 4) is 17.9 Å². The van der Waals surface area contributed by atoms with Crippen molar-refractivity contribution in [3.63, 3.8) is 0 Å². The van der Waals surface area contributed by atoms with Gasteiger partial charge >= 0.3 is 0 Å². The Morgan fingerprint density at radius 3 is 2.19 bits per heavy atom. The number of Topliss-reactive ketones (excluding diaryl/α,β-unsaturated/α-hetero) is 1. The molecule has 2 aliphatic rings. The van der Waals surface area contributed by atoms with Crippen LogP contribution >= 0.6 is 0 Å². The van der Waals surface area contributed by atoms with Gasteiger partial charge < -0.3 is 10.5 Å². The standard InChI is InChI=1S/C19H18N4O3/c1-10-14(12-4-6-13(26-3)7-5-12)19(9-21)16(22)23-17(25)18(19,8-20)11(2)15(10)24/h4-7,10-11,14H,1-3H3,(H2,22,23,25). The molecular weight excluding hydrogens is 332 g/mol. The van der Waals surface area contributed by atoms with Crippen molar-refractivity contribution in [2.24, 2.45) is 33.4 Å². The van der Waals surface area contributed by atoms with E-state index in [1.54, 1.807) is 31.2 Å². The van der Waals surface area contributed by atoms with Gasteiger partial charge in [0.1, 0.15) is 17.4 Å². The van der Waals surface area contributed by atoms with Crippen molar-refractivity contribution in [1.82, 2.24) is 0 Å². The van der Waals surface area contributed by atoms with E-state index < -0.39 is 34.5 Å². The molecule has 1 aliphatic carbocycles. The number of rotatable bonds is 2. The minimum absolute atomic E-state index is 0.196. The van der Waals surface area contributed by atoms with Crippen molar-refractivity contribution in [3.05, 3.63) is 29.8 Å². The van der Waals surface area contributed by atoms with Crippen molar-refractivity contribution < 1.29 is 14.3 Å². The van der Waals surface area contributed by atoms with Crippen LogP contribution in [0, 0.1) is 45.3 Å². The molecule has 0 saturated heterocycles. The number of methoxy groups -OCH3 is 1. The molecule has 1 saturated carbocycles. The highest BCUT2D eigenvalue weighted by atomic mass is 16.5. The Morgan fingerprint density at radius 1 is 1.12 bits per heavy atom. The zero-order valence-electron chi connectivity index (χ0n) is 14.7. The van der Waals surface area contributed by atoms with Crippen LogP contribution in [0.25, 0.3) is 0 Å². The van der Waals surface area contributed by atoms with Gasteiger partial charge in [0, 0.05) is 17.8 Å². The van der Waals surface area contributed by atoms with Crippen molar-refractivity contribution in [2.45, 2.75) is 19.8 Å². The van der Waals surface area contributed by atoms with E-state index in [4.69, 9.17) is 10.5 Å². The molecule has 5 atom stereocenters. The molecule has 0 spiro atoms. The molecule has 3 rings (SSSR count). The van der Waals surface area contributed by atoms with Gasteiger partial charge in [-0.2, -0.15) is 15.5 Å². The summed E-state index contributed by atoms with van der Waals surface area (Å²) in [6, 6.07) is 10.9. The van der Waals surface area contributed by atoms with Crippen molar-refractivity contribution >= 4 is 17.5 Å². The van der Waals surface area contributed by atoms with Crippen molar-refractivity contribution in [1.29, 1.82) is 10.5 Å². The van der Waals surface area contributed by atoms with Crippen molar-refractivity contribution in [2.75, 3.05) is 7.11 Å². The molecule has 0 bridgehead atoms. The number of carbonyl (C=O) groups is 2. The second-order valence-electron chi connectivity index (χ2n) is 6.81. The minimum Gasteiger partial charge on any atom is -0.497 e. The van der Waals surface area contributed by atoms with Gasteiger partial charge in [-0.3, -0.25) is 9.59 Å². The number of amides is 1. The van der Waals surface area contributed by atoms with Gasteiger partial charge in [-0.25, -0.2) is 0 Å². The first kappa shape index (κ1) is 17.6. The maximum Gasteiger partial charge on any atom is 0.270 e. The number of hydrogen-bond donors (Lipinski definition) is 1. The number of amidine groups is 1. The predicted molar refractivity (Wildman–Crippen MR) is 91.8 cm³/mol. The summed E-state index contributed by atoms with van der Waals surface area (Å²) in [4.78, 5) is 29.4. The number of nitriles is 2. The molecule has 1 amide bonds. The summed E-state index contributed by atoms with van der Waals surface area (Å²) in [5.41, 5.74) is 3.08. The number of carbonyl (C=O) groups excluding carboxylic acids is 2. The van der Waals surface area contributed by atoms with Gasteiger partial charge in [0.2, 0.25) is 0 Å². The number of benzene rings is 1. The first-order valence-electron chi connectivity index (χ1n) is 8.21. The van der Waals surface area contributed by atoms with Gasteiger partial charge in [-0.1, -0.05) is 26.0 Å². The summed E-state index contributed by atoms with van der Waals surface area (Å²) in [7, 11) is 1.53. The Balaban J connectivity index is 2.33. The fraction of sp³-hybridized carbons (Fsp3) is 0.421. The van der Waals surface area contributed by atoms with Crippen LogP contribution in [-0.2, 0) is 9.59 Å². The summed E-state index contributed by atoms with van der Waals surface area (Å²) < 4.78 is 5.15. The van der Waals surface area contributed by atoms with Gasteiger partial charge in [0.05, 0.1) is 19.2 Å². The molecule has 7 heteroatoms. The highest BCUT2D eigenvalue weighted by molar-refractivity contribution is 6.15. The van der Waals surface area contributed by atoms with Crippen LogP contribution in [0.5, 0.6) is 5.75 Å². The highest BCUT2D eigenvalue weighted by Gasteiger charge is 2.75. The number of ether oxygens (including phenoxy) is 1. The summed E-state index contributed by atoms with van der Waals surface area (Å²) in [6.45, 7) is 3.20. The molecule has 132 valence electrons. The number of aliphatic imine (C=N–C) groups is 1. The Kier molecular flexibility index (Phi) is 3.84. The molecular formula is C19H18N4O3. The monoisotopic (exact) mass is 350 g/mol. The van der Waals surface area contributed by atoms with E-state index in [1.807, 2.05) is 6.07 Å². The molecule has 1 aliphatic heterocycles. The maximum absolute atomic E-state index is 12.9. The third-order valence-electron chi connectivity index (χ3n) is 5.90. The van der Waals surface area contributed by atoms with Crippen LogP contribution < -0.4 is 10.5 Å². The minimum atomic E-state index is -1.92. The van der Waals surface area contributed by atoms with Crippen LogP contribution in [0.1, 0.15) is 25.3 Å². The largest absolute Gasteiger partial charge is 0.497 e. The smallest absolute Gasteiger partial charge is 0.270 e. The molecule has 7 nitrogen and oxygen atoms in total. The normalized spacial score (nSPS) is 35.9. The summed E-state index contributed by atoms with van der Waals surface area (Å²) in [5.74, 6) is -3.01. The van der Waals surface area contributed by atoms with Crippen LogP contribution in [-0.4, -0.2) is 24.6 Å². The van der Waals surface area contributed by atoms with Gasteiger partial charge in [0.25, 0.3) is 5.91 Å². The molecule has 0 radical (unpaired) electrons. The quantitative estimate of drug-likeness (QED) is 0.861. The van der Waals surface area contributed by atoms with Crippen LogP contribution in [0.2, 0.25) is 0 Å². The first-order chi connectivity index (χ1) is 12.3. The van der Waals surface area contributed by atoms with E-state index in [9.17, 15) is 20.1 Å². The fourth-order valence-electron chi connectivity index (χ4n) is 4.53.